The Morgan fingerprint density at radius 1 is 1.43 bits per heavy atom. The number of piperazine rings is 1. The van der Waals surface area contributed by atoms with Crippen LogP contribution in [0.15, 0.2) is 18.2 Å². The molecule has 0 aliphatic carbocycles. The maximum absolute atomic E-state index is 12.1. The van der Waals surface area contributed by atoms with Crippen molar-refractivity contribution in [2.75, 3.05) is 26.2 Å². The van der Waals surface area contributed by atoms with E-state index in [9.17, 15) is 19.4 Å². The fourth-order valence-electron chi connectivity index (χ4n) is 2.58. The minimum Gasteiger partial charge on any atom is -0.423 e. The molecular weight excluding hydrogens is 301 g/mol. The Morgan fingerprint density at radius 2 is 2.26 bits per heavy atom. The molecule has 0 unspecified atom stereocenters. The largest absolute Gasteiger partial charge is 0.491 e. The van der Waals surface area contributed by atoms with Gasteiger partial charge in [-0.25, -0.2) is 0 Å². The Balaban J connectivity index is 1.58. The highest BCUT2D eigenvalue weighted by Crippen LogP contribution is 2.11. The van der Waals surface area contributed by atoms with Crippen LogP contribution in [0.2, 0.25) is 0 Å². The van der Waals surface area contributed by atoms with Crippen LogP contribution < -0.4 is 16.1 Å². The minimum atomic E-state index is -1.02. The van der Waals surface area contributed by atoms with E-state index in [0.29, 0.717) is 30.7 Å². The van der Waals surface area contributed by atoms with Crippen LogP contribution in [0, 0.1) is 0 Å². The van der Waals surface area contributed by atoms with Crippen molar-refractivity contribution in [3.8, 4) is 0 Å². The zero-order valence-electron chi connectivity index (χ0n) is 12.4. The van der Waals surface area contributed by atoms with E-state index < -0.39 is 13.0 Å². The van der Waals surface area contributed by atoms with Crippen molar-refractivity contribution in [1.29, 1.82) is 0 Å². The van der Waals surface area contributed by atoms with E-state index in [-0.39, 0.29) is 24.9 Å². The number of amides is 3. The van der Waals surface area contributed by atoms with Gasteiger partial charge in [0.2, 0.25) is 11.8 Å². The van der Waals surface area contributed by atoms with Gasteiger partial charge in [-0.15, -0.1) is 0 Å². The number of carbonyl (C=O) groups excluding carboxylic acids is 3. The summed E-state index contributed by atoms with van der Waals surface area (Å²) in [4.78, 5) is 36.8. The Kier molecular flexibility index (Phi) is 4.31. The van der Waals surface area contributed by atoms with Crippen molar-refractivity contribution in [2.24, 2.45) is 0 Å². The van der Waals surface area contributed by atoms with Crippen LogP contribution in [0.4, 0.5) is 0 Å². The van der Waals surface area contributed by atoms with Crippen LogP contribution >= 0.6 is 0 Å². The third kappa shape index (κ3) is 3.35. The molecule has 3 N–H and O–H groups in total. The van der Waals surface area contributed by atoms with Gasteiger partial charge in [0.15, 0.2) is 0 Å². The summed E-state index contributed by atoms with van der Waals surface area (Å²) in [5, 5.41) is 14.8. The Labute approximate surface area is 132 Å². The zero-order chi connectivity index (χ0) is 16.4. The van der Waals surface area contributed by atoms with Gasteiger partial charge in [-0.3, -0.25) is 14.4 Å². The van der Waals surface area contributed by atoms with Gasteiger partial charge in [-0.05, 0) is 23.2 Å². The molecule has 9 heteroatoms. The first-order valence-corrected chi connectivity index (χ1v) is 7.30. The molecule has 2 aliphatic rings. The highest BCUT2D eigenvalue weighted by atomic mass is 16.5. The molecule has 23 heavy (non-hydrogen) atoms. The van der Waals surface area contributed by atoms with Crippen LogP contribution in [0.5, 0.6) is 0 Å². The molecule has 0 atom stereocenters. The summed E-state index contributed by atoms with van der Waals surface area (Å²) in [5.74, 6) is -0.928. The van der Waals surface area contributed by atoms with E-state index >= 15 is 0 Å². The molecule has 1 saturated heterocycles. The van der Waals surface area contributed by atoms with Crippen molar-refractivity contribution in [3.05, 3.63) is 29.3 Å². The Morgan fingerprint density at radius 3 is 3.04 bits per heavy atom. The number of fused-ring (bicyclic) bond motifs is 1. The second-order valence-corrected chi connectivity index (χ2v) is 5.42. The predicted octanol–water partition coefficient (Wildman–Crippen LogP) is -2.41. The quantitative estimate of drug-likeness (QED) is 0.538. The smallest absolute Gasteiger partial charge is 0.423 e. The van der Waals surface area contributed by atoms with Crippen LogP contribution in [0.25, 0.3) is 0 Å². The molecule has 1 aromatic rings. The fourth-order valence-corrected chi connectivity index (χ4v) is 2.58. The van der Waals surface area contributed by atoms with Gasteiger partial charge in [0.1, 0.15) is 0 Å². The molecule has 0 saturated carbocycles. The SMILES string of the molecule is O=C1CN(C(=O)CNC(=O)c2ccc3c(c2)B(O)OC3)CCN1. The summed E-state index contributed by atoms with van der Waals surface area (Å²) in [6.07, 6.45) is 0. The monoisotopic (exact) mass is 317 g/mol. The molecule has 8 nitrogen and oxygen atoms in total. The normalized spacial score (nSPS) is 16.8. The van der Waals surface area contributed by atoms with E-state index in [0.717, 1.165) is 5.56 Å². The third-order valence-electron chi connectivity index (χ3n) is 3.86. The van der Waals surface area contributed by atoms with Crippen molar-refractivity contribution in [2.45, 2.75) is 6.61 Å². The average Bonchev–Trinajstić information content (AvgIpc) is 2.93. The second kappa shape index (κ2) is 6.39. The molecule has 1 aromatic carbocycles. The van der Waals surface area contributed by atoms with Crippen molar-refractivity contribution in [1.82, 2.24) is 15.5 Å². The number of hydrogen-bond donors (Lipinski definition) is 3. The fraction of sp³-hybridized carbons (Fsp3) is 0.357. The lowest BCUT2D eigenvalue weighted by molar-refractivity contribution is -0.137. The third-order valence-corrected chi connectivity index (χ3v) is 3.86. The summed E-state index contributed by atoms with van der Waals surface area (Å²) in [7, 11) is -1.02. The average molecular weight is 317 g/mol. The number of carbonyl (C=O) groups is 3. The Hall–Kier alpha value is -2.39. The maximum atomic E-state index is 12.1. The molecule has 3 amide bonds. The zero-order valence-corrected chi connectivity index (χ0v) is 12.4. The van der Waals surface area contributed by atoms with Crippen molar-refractivity contribution >= 4 is 30.3 Å². The Bertz CT molecular complexity index is 666. The number of rotatable bonds is 3. The number of nitrogens with zero attached hydrogens (tertiary/aromatic N) is 1. The first kappa shape index (κ1) is 15.5. The first-order chi connectivity index (χ1) is 11.0. The topological polar surface area (TPSA) is 108 Å². The lowest BCUT2D eigenvalue weighted by atomic mass is 9.79. The molecule has 2 heterocycles. The van der Waals surface area contributed by atoms with E-state index in [1.54, 1.807) is 18.2 Å². The molecule has 0 radical (unpaired) electrons. The van der Waals surface area contributed by atoms with Crippen LogP contribution in [0.1, 0.15) is 15.9 Å². The number of benzene rings is 1. The highest BCUT2D eigenvalue weighted by Gasteiger charge is 2.28. The number of nitrogens with one attached hydrogen (secondary N) is 2. The maximum Gasteiger partial charge on any atom is 0.491 e. The summed E-state index contributed by atoms with van der Waals surface area (Å²) in [6, 6.07) is 4.90. The van der Waals surface area contributed by atoms with Gasteiger partial charge < -0.3 is 25.2 Å². The lowest BCUT2D eigenvalue weighted by Gasteiger charge is -2.26. The highest BCUT2D eigenvalue weighted by molar-refractivity contribution is 6.61. The van der Waals surface area contributed by atoms with E-state index in [4.69, 9.17) is 4.65 Å². The molecule has 0 spiro atoms. The van der Waals surface area contributed by atoms with E-state index in [1.165, 1.54) is 4.90 Å². The standard InChI is InChI=1S/C14H16BN3O5/c19-12-7-18(4-3-16-12)13(20)6-17-14(21)9-1-2-10-8-23-15(22)11(10)5-9/h1-2,5,22H,3-4,6-8H2,(H,16,19)(H,17,21). The molecule has 2 aliphatic heterocycles. The van der Waals surface area contributed by atoms with E-state index in [1.807, 2.05) is 0 Å². The number of hydrogen-bond acceptors (Lipinski definition) is 5. The second-order valence-electron chi connectivity index (χ2n) is 5.42. The van der Waals surface area contributed by atoms with Gasteiger partial charge in [-0.1, -0.05) is 6.07 Å². The molecule has 3 rings (SSSR count). The summed E-state index contributed by atoms with van der Waals surface area (Å²) >= 11 is 0. The minimum absolute atomic E-state index is 0.0110. The van der Waals surface area contributed by atoms with Crippen LogP contribution in [-0.2, 0) is 20.9 Å². The van der Waals surface area contributed by atoms with Gasteiger partial charge in [0.25, 0.3) is 5.91 Å². The molecule has 1 fully saturated rings. The molecule has 0 aromatic heterocycles. The summed E-state index contributed by atoms with van der Waals surface area (Å²) in [5.41, 5.74) is 1.75. The summed E-state index contributed by atoms with van der Waals surface area (Å²) < 4.78 is 5.07. The van der Waals surface area contributed by atoms with Crippen LogP contribution in [0.3, 0.4) is 0 Å². The van der Waals surface area contributed by atoms with Crippen molar-refractivity contribution < 1.29 is 24.1 Å². The van der Waals surface area contributed by atoms with Gasteiger partial charge in [0.05, 0.1) is 19.7 Å². The lowest BCUT2D eigenvalue weighted by Crippen LogP contribution is -2.52. The van der Waals surface area contributed by atoms with Gasteiger partial charge in [0, 0.05) is 18.7 Å². The predicted molar refractivity (Wildman–Crippen MR) is 80.8 cm³/mol. The summed E-state index contributed by atoms with van der Waals surface area (Å²) in [6.45, 7) is 0.997. The van der Waals surface area contributed by atoms with E-state index in [2.05, 4.69) is 10.6 Å². The molecule has 120 valence electrons. The van der Waals surface area contributed by atoms with Crippen LogP contribution in [-0.4, -0.2) is 60.9 Å². The molecule has 0 bridgehead atoms. The van der Waals surface area contributed by atoms with Gasteiger partial charge >= 0.3 is 7.12 Å². The van der Waals surface area contributed by atoms with Crippen molar-refractivity contribution in [3.63, 3.8) is 0 Å². The van der Waals surface area contributed by atoms with Gasteiger partial charge in [-0.2, -0.15) is 0 Å². The molecular formula is C14H16BN3O5. The first-order valence-electron chi connectivity index (χ1n) is 7.30.